The van der Waals surface area contributed by atoms with Gasteiger partial charge in [0.1, 0.15) is 18.8 Å². The van der Waals surface area contributed by atoms with Crippen LogP contribution in [0.1, 0.15) is 23.1 Å². The molecule has 2 amide bonds. The van der Waals surface area contributed by atoms with E-state index in [-0.39, 0.29) is 6.42 Å². The van der Waals surface area contributed by atoms with Crippen molar-refractivity contribution in [3.05, 3.63) is 94.0 Å². The molecule has 2 N–H and O–H groups in total. The summed E-state index contributed by atoms with van der Waals surface area (Å²) in [5.41, 5.74) is 5.84. The molecule has 0 saturated carbocycles. The Kier molecular flexibility index (Phi) is 7.95. The fourth-order valence-corrected chi connectivity index (χ4v) is 2.93. The number of benzene rings is 3. The highest BCUT2D eigenvalue weighted by Crippen LogP contribution is 2.16. The van der Waals surface area contributed by atoms with Gasteiger partial charge in [0.2, 0.25) is 11.8 Å². The molecule has 0 aliphatic carbocycles. The van der Waals surface area contributed by atoms with Crippen molar-refractivity contribution in [2.75, 3.05) is 5.32 Å². The minimum Gasteiger partial charge on any atom is -0.489 e. The van der Waals surface area contributed by atoms with Crippen molar-refractivity contribution < 1.29 is 14.3 Å². The predicted octanol–water partition coefficient (Wildman–Crippen LogP) is 4.82. The van der Waals surface area contributed by atoms with Gasteiger partial charge in [0.05, 0.1) is 6.21 Å². The highest BCUT2D eigenvalue weighted by atomic mass is 79.9. The van der Waals surface area contributed by atoms with Gasteiger partial charge in [-0.2, -0.15) is 5.10 Å². The Bertz CT molecular complexity index is 1060. The highest BCUT2D eigenvalue weighted by molar-refractivity contribution is 9.10. The molecule has 158 valence electrons. The van der Waals surface area contributed by atoms with Crippen molar-refractivity contribution in [3.8, 4) is 5.75 Å². The highest BCUT2D eigenvalue weighted by Gasteiger charge is 2.09. The third-order valence-electron chi connectivity index (χ3n) is 4.34. The van der Waals surface area contributed by atoms with E-state index in [1.165, 1.54) is 6.21 Å². The van der Waals surface area contributed by atoms with Gasteiger partial charge in [0, 0.05) is 10.2 Å². The molecule has 31 heavy (non-hydrogen) atoms. The van der Waals surface area contributed by atoms with Gasteiger partial charge in [-0.1, -0.05) is 46.3 Å². The molecule has 0 radical (unpaired) electrons. The number of carbonyl (C=O) groups is 2. The Balaban J connectivity index is 1.42. The van der Waals surface area contributed by atoms with E-state index in [1.54, 1.807) is 6.07 Å². The molecule has 7 heteroatoms. The lowest BCUT2D eigenvalue weighted by molar-refractivity contribution is -0.126. The zero-order valence-corrected chi connectivity index (χ0v) is 18.6. The number of hydrogen-bond donors (Lipinski definition) is 2. The minimum absolute atomic E-state index is 0.311. The van der Waals surface area contributed by atoms with Crippen LogP contribution in [0.2, 0.25) is 0 Å². The molecule has 0 unspecified atom stereocenters. The van der Waals surface area contributed by atoms with Crippen LogP contribution >= 0.6 is 15.9 Å². The van der Waals surface area contributed by atoms with E-state index in [2.05, 4.69) is 31.8 Å². The lowest BCUT2D eigenvalue weighted by Crippen LogP contribution is -2.24. The zero-order chi connectivity index (χ0) is 22.1. The van der Waals surface area contributed by atoms with Crippen LogP contribution in [-0.4, -0.2) is 18.0 Å². The number of amides is 2. The Morgan fingerprint density at radius 2 is 1.68 bits per heavy atom. The molecule has 0 atom stereocenters. The van der Waals surface area contributed by atoms with E-state index < -0.39 is 11.8 Å². The van der Waals surface area contributed by atoms with Crippen LogP contribution in [0, 0.1) is 6.92 Å². The van der Waals surface area contributed by atoms with E-state index in [1.807, 2.05) is 73.7 Å². The van der Waals surface area contributed by atoms with Gasteiger partial charge in [-0.05, 0) is 66.1 Å². The monoisotopic (exact) mass is 479 g/mol. The first kappa shape index (κ1) is 22.2. The first-order valence-corrected chi connectivity index (χ1v) is 10.4. The summed E-state index contributed by atoms with van der Waals surface area (Å²) in [7, 11) is 0. The molecular formula is C24H22BrN3O3. The minimum atomic E-state index is -0.489. The molecule has 0 aliphatic rings. The second-order valence-electron chi connectivity index (χ2n) is 6.82. The van der Waals surface area contributed by atoms with Crippen LogP contribution in [0.25, 0.3) is 0 Å². The summed E-state index contributed by atoms with van der Waals surface area (Å²) in [5, 5.41) is 6.61. The van der Waals surface area contributed by atoms with Crippen LogP contribution in [0.15, 0.2) is 82.4 Å². The Labute approximate surface area is 189 Å². The molecule has 0 aromatic heterocycles. The number of aryl methyl sites for hydroxylation is 1. The van der Waals surface area contributed by atoms with Crippen LogP contribution in [-0.2, 0) is 16.2 Å². The van der Waals surface area contributed by atoms with Crippen molar-refractivity contribution in [1.29, 1.82) is 0 Å². The van der Waals surface area contributed by atoms with Gasteiger partial charge < -0.3 is 10.1 Å². The predicted molar refractivity (Wildman–Crippen MR) is 125 cm³/mol. The zero-order valence-electron chi connectivity index (χ0n) is 17.0. The maximum absolute atomic E-state index is 12.0. The molecule has 3 aromatic rings. The number of nitrogens with one attached hydrogen (secondary N) is 2. The summed E-state index contributed by atoms with van der Waals surface area (Å²) < 4.78 is 6.78. The maximum atomic E-state index is 12.0. The van der Waals surface area contributed by atoms with Gasteiger partial charge in [0.25, 0.3) is 0 Å². The van der Waals surface area contributed by atoms with Gasteiger partial charge in [0.15, 0.2) is 0 Å². The van der Waals surface area contributed by atoms with Gasteiger partial charge in [-0.15, -0.1) is 0 Å². The van der Waals surface area contributed by atoms with E-state index in [4.69, 9.17) is 4.74 Å². The van der Waals surface area contributed by atoms with Crippen molar-refractivity contribution >= 4 is 39.6 Å². The van der Waals surface area contributed by atoms with Crippen LogP contribution < -0.4 is 15.5 Å². The third-order valence-corrected chi connectivity index (χ3v) is 4.87. The normalized spacial score (nSPS) is 10.6. The Morgan fingerprint density at radius 3 is 2.39 bits per heavy atom. The van der Waals surface area contributed by atoms with E-state index in [9.17, 15) is 9.59 Å². The molecule has 0 heterocycles. The summed E-state index contributed by atoms with van der Waals surface area (Å²) in [4.78, 5) is 23.9. The SMILES string of the molecule is Cc1ccccc1NC(=O)CC(=O)NN=Cc1ccc(OCc2ccc(Br)cc2)cc1. The number of halogens is 1. The van der Waals surface area contributed by atoms with Gasteiger partial charge >= 0.3 is 0 Å². The lowest BCUT2D eigenvalue weighted by atomic mass is 10.2. The average Bonchev–Trinajstić information content (AvgIpc) is 2.76. The second-order valence-corrected chi connectivity index (χ2v) is 7.73. The number of hydrazone groups is 1. The smallest absolute Gasteiger partial charge is 0.249 e. The third kappa shape index (κ3) is 7.38. The number of rotatable bonds is 8. The Hall–Kier alpha value is -3.45. The molecule has 0 bridgehead atoms. The summed E-state index contributed by atoms with van der Waals surface area (Å²) in [6.45, 7) is 2.36. The molecule has 0 saturated heterocycles. The molecule has 0 spiro atoms. The number of hydrogen-bond acceptors (Lipinski definition) is 4. The lowest BCUT2D eigenvalue weighted by Gasteiger charge is -2.07. The molecule has 0 aliphatic heterocycles. The van der Waals surface area contributed by atoms with Crippen molar-refractivity contribution in [2.45, 2.75) is 20.0 Å². The largest absolute Gasteiger partial charge is 0.489 e. The van der Waals surface area contributed by atoms with Crippen molar-refractivity contribution in [1.82, 2.24) is 5.43 Å². The quantitative estimate of drug-likeness (QED) is 0.276. The van der Waals surface area contributed by atoms with Crippen LogP contribution in [0.4, 0.5) is 5.69 Å². The molecular weight excluding hydrogens is 458 g/mol. The van der Waals surface area contributed by atoms with Crippen molar-refractivity contribution in [3.63, 3.8) is 0 Å². The molecule has 3 rings (SSSR count). The topological polar surface area (TPSA) is 79.8 Å². The number of nitrogens with zero attached hydrogens (tertiary/aromatic N) is 1. The summed E-state index contributed by atoms with van der Waals surface area (Å²) in [6.07, 6.45) is 1.20. The summed E-state index contributed by atoms with van der Waals surface area (Å²) in [5.74, 6) is -0.150. The number of ether oxygens (including phenoxy) is 1. The average molecular weight is 480 g/mol. The number of para-hydroxylation sites is 1. The first-order chi connectivity index (χ1) is 15.0. The molecule has 6 nitrogen and oxygen atoms in total. The second kappa shape index (κ2) is 11.1. The van der Waals surface area contributed by atoms with E-state index >= 15 is 0 Å². The van der Waals surface area contributed by atoms with E-state index in [0.29, 0.717) is 12.3 Å². The standard InChI is InChI=1S/C24H22BrN3O3/c1-17-4-2-3-5-22(17)27-23(29)14-24(30)28-26-15-18-8-12-21(13-9-18)31-16-19-6-10-20(25)11-7-19/h2-13,15H,14,16H2,1H3,(H,27,29)(H,28,30). The fourth-order valence-electron chi connectivity index (χ4n) is 2.67. The van der Waals surface area contributed by atoms with Gasteiger partial charge in [-0.25, -0.2) is 5.43 Å². The van der Waals surface area contributed by atoms with Crippen molar-refractivity contribution in [2.24, 2.45) is 5.10 Å². The van der Waals surface area contributed by atoms with Crippen LogP contribution in [0.5, 0.6) is 5.75 Å². The first-order valence-electron chi connectivity index (χ1n) is 9.64. The fraction of sp³-hybridized carbons (Fsp3) is 0.125. The van der Waals surface area contributed by atoms with Gasteiger partial charge in [-0.3, -0.25) is 9.59 Å². The number of anilines is 1. The molecule has 0 fully saturated rings. The van der Waals surface area contributed by atoms with Crippen LogP contribution in [0.3, 0.4) is 0 Å². The summed E-state index contributed by atoms with van der Waals surface area (Å²) >= 11 is 3.41. The molecule has 3 aromatic carbocycles. The van der Waals surface area contributed by atoms with E-state index in [0.717, 1.165) is 26.9 Å². The summed E-state index contributed by atoms with van der Waals surface area (Å²) in [6, 6.07) is 22.6. The maximum Gasteiger partial charge on any atom is 0.249 e. The Morgan fingerprint density at radius 1 is 0.968 bits per heavy atom. The number of carbonyl (C=O) groups excluding carboxylic acids is 2.